The molecule has 1 N–H and O–H groups in total. The summed E-state index contributed by atoms with van der Waals surface area (Å²) in [6.45, 7) is 6.68. The van der Waals surface area contributed by atoms with Crippen LogP contribution in [0.25, 0.3) is 0 Å². The van der Waals surface area contributed by atoms with Crippen molar-refractivity contribution >= 4 is 0 Å². The summed E-state index contributed by atoms with van der Waals surface area (Å²) in [6, 6.07) is 3.72. The summed E-state index contributed by atoms with van der Waals surface area (Å²) >= 11 is 0. The fourth-order valence-electron chi connectivity index (χ4n) is 1.62. The molecule has 6 nitrogen and oxygen atoms in total. The zero-order valence-corrected chi connectivity index (χ0v) is 11.3. The van der Waals surface area contributed by atoms with Crippen LogP contribution in [-0.2, 0) is 13.1 Å². The Balaban J connectivity index is 1.94. The van der Waals surface area contributed by atoms with Crippen LogP contribution in [0.15, 0.2) is 24.5 Å². The van der Waals surface area contributed by atoms with Crippen LogP contribution in [0.2, 0.25) is 0 Å². The summed E-state index contributed by atoms with van der Waals surface area (Å²) in [4.78, 5) is 0. The van der Waals surface area contributed by atoms with E-state index in [1.807, 2.05) is 23.0 Å². The normalized spacial score (nSPS) is 10.6. The molecule has 6 heteroatoms. The minimum absolute atomic E-state index is 0.483. The Bertz CT molecular complexity index is 494. The Morgan fingerprint density at radius 3 is 2.84 bits per heavy atom. The molecule has 0 aliphatic rings. The summed E-state index contributed by atoms with van der Waals surface area (Å²) in [7, 11) is 0. The van der Waals surface area contributed by atoms with Crippen molar-refractivity contribution in [2.75, 3.05) is 6.54 Å². The second-order valence-electron chi connectivity index (χ2n) is 4.18. The van der Waals surface area contributed by atoms with Crippen molar-refractivity contribution in [1.82, 2.24) is 25.3 Å². The van der Waals surface area contributed by atoms with Crippen LogP contribution in [0.4, 0.5) is 0 Å². The zero-order chi connectivity index (χ0) is 13.5. The van der Waals surface area contributed by atoms with Gasteiger partial charge in [0.1, 0.15) is 0 Å². The average molecular weight is 261 g/mol. The molecule has 0 aromatic carbocycles. The first-order chi connectivity index (χ1) is 9.31. The lowest BCUT2D eigenvalue weighted by atomic mass is 10.4. The molecule has 102 valence electrons. The second-order valence-corrected chi connectivity index (χ2v) is 4.18. The van der Waals surface area contributed by atoms with Crippen molar-refractivity contribution in [2.24, 2.45) is 0 Å². The average Bonchev–Trinajstić information content (AvgIpc) is 2.86. The predicted octanol–water partition coefficient (Wildman–Crippen LogP) is 1.98. The van der Waals surface area contributed by atoms with Crippen LogP contribution in [0.3, 0.4) is 0 Å². The Kier molecular flexibility index (Phi) is 4.85. The molecule has 0 amide bonds. The molecule has 0 saturated carbocycles. The van der Waals surface area contributed by atoms with Gasteiger partial charge in [0.25, 0.3) is 0 Å². The molecule has 2 aromatic rings. The van der Waals surface area contributed by atoms with E-state index >= 15 is 0 Å². The number of aryl methyl sites for hydroxylation is 1. The number of hydrogen-bond acceptors (Lipinski definition) is 5. The Morgan fingerprint density at radius 2 is 2.16 bits per heavy atom. The van der Waals surface area contributed by atoms with E-state index in [-0.39, 0.29) is 0 Å². The molecule has 0 unspecified atom stereocenters. The van der Waals surface area contributed by atoms with Crippen LogP contribution < -0.4 is 10.1 Å². The highest BCUT2D eigenvalue weighted by atomic mass is 16.5. The maximum absolute atomic E-state index is 5.59. The monoisotopic (exact) mass is 261 g/mol. The molecule has 2 heterocycles. The number of rotatable bonds is 7. The van der Waals surface area contributed by atoms with Gasteiger partial charge in [-0.2, -0.15) is 10.2 Å². The lowest BCUT2D eigenvalue weighted by molar-refractivity contribution is 0.451. The van der Waals surface area contributed by atoms with Crippen molar-refractivity contribution in [3.63, 3.8) is 0 Å². The van der Waals surface area contributed by atoms with Gasteiger partial charge in [0.05, 0.1) is 18.1 Å². The van der Waals surface area contributed by atoms with E-state index in [2.05, 4.69) is 34.5 Å². The van der Waals surface area contributed by atoms with Gasteiger partial charge in [0.15, 0.2) is 5.75 Å². The fraction of sp³-hybridized carbons (Fsp3) is 0.462. The van der Waals surface area contributed by atoms with Crippen LogP contribution in [-0.4, -0.2) is 26.5 Å². The summed E-state index contributed by atoms with van der Waals surface area (Å²) < 4.78 is 7.44. The van der Waals surface area contributed by atoms with E-state index in [1.165, 1.54) is 0 Å². The predicted molar refractivity (Wildman–Crippen MR) is 72.0 cm³/mol. The van der Waals surface area contributed by atoms with E-state index in [1.54, 1.807) is 6.20 Å². The number of nitrogens with zero attached hydrogens (tertiary/aromatic N) is 4. The van der Waals surface area contributed by atoms with Crippen molar-refractivity contribution in [2.45, 2.75) is 33.4 Å². The molecule has 19 heavy (non-hydrogen) atoms. The quantitative estimate of drug-likeness (QED) is 0.825. The van der Waals surface area contributed by atoms with Crippen LogP contribution >= 0.6 is 0 Å². The molecule has 2 aromatic heterocycles. The molecule has 0 spiro atoms. The first kappa shape index (κ1) is 13.5. The SMILES string of the molecule is CCCn1cc(Oc2ccc(CNCC)nn2)cn1. The maximum Gasteiger partial charge on any atom is 0.239 e. The van der Waals surface area contributed by atoms with Crippen molar-refractivity contribution in [3.8, 4) is 11.6 Å². The van der Waals surface area contributed by atoms with Crippen molar-refractivity contribution in [3.05, 3.63) is 30.2 Å². The van der Waals surface area contributed by atoms with E-state index in [0.717, 1.165) is 31.7 Å². The summed E-state index contributed by atoms with van der Waals surface area (Å²) in [5.41, 5.74) is 0.899. The second kappa shape index (κ2) is 6.84. The summed E-state index contributed by atoms with van der Waals surface area (Å²) in [6.07, 6.45) is 4.58. The molecule has 0 aliphatic carbocycles. The Hall–Kier alpha value is -1.95. The maximum atomic E-state index is 5.59. The van der Waals surface area contributed by atoms with E-state index in [0.29, 0.717) is 11.6 Å². The van der Waals surface area contributed by atoms with Gasteiger partial charge in [0.2, 0.25) is 5.88 Å². The largest absolute Gasteiger partial charge is 0.434 e. The van der Waals surface area contributed by atoms with Crippen molar-refractivity contribution < 1.29 is 4.74 Å². The Morgan fingerprint density at radius 1 is 1.26 bits per heavy atom. The van der Waals surface area contributed by atoms with Crippen LogP contribution in [0.5, 0.6) is 11.6 Å². The molecule has 0 fully saturated rings. The standard InChI is InChI=1S/C13H19N5O/c1-3-7-18-10-12(9-15-18)19-13-6-5-11(16-17-13)8-14-4-2/h5-6,9-10,14H,3-4,7-8H2,1-2H3. The van der Waals surface area contributed by atoms with Gasteiger partial charge in [-0.25, -0.2) is 0 Å². The van der Waals surface area contributed by atoms with E-state index in [4.69, 9.17) is 4.74 Å². The summed E-state index contributed by atoms with van der Waals surface area (Å²) in [5, 5.41) is 15.5. The van der Waals surface area contributed by atoms with Crippen molar-refractivity contribution in [1.29, 1.82) is 0 Å². The molecule has 0 saturated heterocycles. The van der Waals surface area contributed by atoms with Gasteiger partial charge < -0.3 is 10.1 Å². The molecular formula is C13H19N5O. The molecule has 0 radical (unpaired) electrons. The molecule has 0 bridgehead atoms. The lowest BCUT2D eigenvalue weighted by Gasteiger charge is -2.03. The number of hydrogen-bond donors (Lipinski definition) is 1. The Labute approximate surface area is 112 Å². The van der Waals surface area contributed by atoms with Gasteiger partial charge in [0, 0.05) is 19.2 Å². The first-order valence-electron chi connectivity index (χ1n) is 6.55. The number of ether oxygens (including phenoxy) is 1. The molecular weight excluding hydrogens is 242 g/mol. The first-order valence-corrected chi connectivity index (χ1v) is 6.55. The van der Waals surface area contributed by atoms with Gasteiger partial charge in [-0.15, -0.1) is 5.10 Å². The highest BCUT2D eigenvalue weighted by molar-refractivity contribution is 5.21. The van der Waals surface area contributed by atoms with Crippen LogP contribution in [0, 0.1) is 0 Å². The van der Waals surface area contributed by atoms with Gasteiger partial charge in [-0.05, 0) is 19.0 Å². The zero-order valence-electron chi connectivity index (χ0n) is 11.3. The minimum Gasteiger partial charge on any atom is -0.434 e. The smallest absolute Gasteiger partial charge is 0.239 e. The lowest BCUT2D eigenvalue weighted by Crippen LogP contribution is -2.13. The topological polar surface area (TPSA) is 64.9 Å². The fourth-order valence-corrected chi connectivity index (χ4v) is 1.62. The highest BCUT2D eigenvalue weighted by Crippen LogP contribution is 2.17. The third-order valence-electron chi connectivity index (χ3n) is 2.54. The van der Waals surface area contributed by atoms with E-state index in [9.17, 15) is 0 Å². The highest BCUT2D eigenvalue weighted by Gasteiger charge is 2.03. The molecule has 0 atom stereocenters. The van der Waals surface area contributed by atoms with Gasteiger partial charge in [-0.3, -0.25) is 4.68 Å². The third kappa shape index (κ3) is 4.03. The molecule has 0 aliphatic heterocycles. The van der Waals surface area contributed by atoms with E-state index < -0.39 is 0 Å². The summed E-state index contributed by atoms with van der Waals surface area (Å²) in [5.74, 6) is 1.17. The molecule has 2 rings (SSSR count). The van der Waals surface area contributed by atoms with Gasteiger partial charge in [-0.1, -0.05) is 13.8 Å². The minimum atomic E-state index is 0.483. The number of aromatic nitrogens is 4. The number of nitrogens with one attached hydrogen (secondary N) is 1. The third-order valence-corrected chi connectivity index (χ3v) is 2.54. The van der Waals surface area contributed by atoms with Crippen LogP contribution in [0.1, 0.15) is 26.0 Å². The van der Waals surface area contributed by atoms with Gasteiger partial charge >= 0.3 is 0 Å².